The van der Waals surface area contributed by atoms with Crippen LogP contribution >= 0.6 is 0 Å². The zero-order valence-corrected chi connectivity index (χ0v) is 16.6. The number of pyridine rings is 1. The van der Waals surface area contributed by atoms with Crippen LogP contribution in [0.2, 0.25) is 0 Å². The van der Waals surface area contributed by atoms with Gasteiger partial charge in [0, 0.05) is 45.0 Å². The molecule has 2 aliphatic rings. The summed E-state index contributed by atoms with van der Waals surface area (Å²) in [6.07, 6.45) is 6.63. The number of phenolic OH excluding ortho intramolecular Hbond substituents is 1. The number of carbonyl (C=O) groups is 1. The topological polar surface area (TPSA) is 77.9 Å². The van der Waals surface area contributed by atoms with Crippen LogP contribution in [0.1, 0.15) is 31.2 Å². The van der Waals surface area contributed by atoms with Crippen molar-refractivity contribution in [3.63, 3.8) is 0 Å². The second-order valence-corrected chi connectivity index (χ2v) is 7.65. The SMILES string of the molecule is O=C(NCc1ccnc(OC2CCCC2)c1)N1CCN(c2ccccc2O)CC1. The largest absolute Gasteiger partial charge is 0.506 e. The summed E-state index contributed by atoms with van der Waals surface area (Å²) >= 11 is 0. The molecule has 2 N–H and O–H groups in total. The second-order valence-electron chi connectivity index (χ2n) is 7.65. The number of carbonyl (C=O) groups excluding carboxylic acids is 1. The average Bonchev–Trinajstić information content (AvgIpc) is 3.26. The number of urea groups is 1. The summed E-state index contributed by atoms with van der Waals surface area (Å²) in [5, 5.41) is 13.0. The number of benzene rings is 1. The predicted molar refractivity (Wildman–Crippen MR) is 111 cm³/mol. The third kappa shape index (κ3) is 4.91. The Bertz CT molecular complexity index is 830. The Kier molecular flexibility index (Phi) is 6.03. The molecular formula is C22H28N4O3. The molecule has 1 aromatic heterocycles. The van der Waals surface area contributed by atoms with Gasteiger partial charge in [-0.15, -0.1) is 0 Å². The van der Waals surface area contributed by atoms with E-state index in [1.807, 2.05) is 35.2 Å². The Morgan fingerprint density at radius 2 is 1.90 bits per heavy atom. The standard InChI is InChI=1S/C22H28N4O3/c27-20-8-4-3-7-19(20)25-11-13-26(14-12-25)22(28)24-16-17-9-10-23-21(15-17)29-18-5-1-2-6-18/h3-4,7-10,15,18,27H,1-2,5-6,11-14,16H2,(H,24,28). The Labute approximate surface area is 171 Å². The first-order chi connectivity index (χ1) is 14.2. The summed E-state index contributed by atoms with van der Waals surface area (Å²) in [4.78, 5) is 20.8. The highest BCUT2D eigenvalue weighted by atomic mass is 16.5. The number of nitrogens with zero attached hydrogens (tertiary/aromatic N) is 3. The van der Waals surface area contributed by atoms with E-state index < -0.39 is 0 Å². The van der Waals surface area contributed by atoms with Gasteiger partial charge in [-0.1, -0.05) is 12.1 Å². The van der Waals surface area contributed by atoms with Crippen LogP contribution in [0.5, 0.6) is 11.6 Å². The number of anilines is 1. The smallest absolute Gasteiger partial charge is 0.317 e. The van der Waals surface area contributed by atoms with E-state index in [-0.39, 0.29) is 17.9 Å². The zero-order valence-electron chi connectivity index (χ0n) is 16.6. The highest BCUT2D eigenvalue weighted by Gasteiger charge is 2.22. The minimum absolute atomic E-state index is 0.0722. The molecule has 1 saturated carbocycles. The van der Waals surface area contributed by atoms with E-state index in [0.29, 0.717) is 38.6 Å². The van der Waals surface area contributed by atoms with Crippen LogP contribution in [-0.4, -0.2) is 53.3 Å². The number of hydrogen-bond acceptors (Lipinski definition) is 5. The molecule has 2 aromatic rings. The van der Waals surface area contributed by atoms with Crippen LogP contribution in [0.4, 0.5) is 10.5 Å². The van der Waals surface area contributed by atoms with Crippen molar-refractivity contribution in [2.75, 3.05) is 31.1 Å². The quantitative estimate of drug-likeness (QED) is 0.812. The highest BCUT2D eigenvalue weighted by Crippen LogP contribution is 2.27. The summed E-state index contributed by atoms with van der Waals surface area (Å²) in [6.45, 7) is 3.07. The van der Waals surface area contributed by atoms with Gasteiger partial charge in [0.15, 0.2) is 0 Å². The molecule has 0 atom stereocenters. The molecule has 1 aliphatic carbocycles. The normalized spacial score (nSPS) is 17.4. The minimum atomic E-state index is -0.0722. The van der Waals surface area contributed by atoms with Crippen LogP contribution in [0.25, 0.3) is 0 Å². The molecule has 1 aromatic carbocycles. The fraction of sp³-hybridized carbons (Fsp3) is 0.455. The van der Waals surface area contributed by atoms with Gasteiger partial charge in [-0.05, 0) is 49.4 Å². The number of rotatable bonds is 5. The van der Waals surface area contributed by atoms with Gasteiger partial charge in [0.25, 0.3) is 0 Å². The van der Waals surface area contributed by atoms with E-state index in [2.05, 4.69) is 15.2 Å². The van der Waals surface area contributed by atoms with E-state index in [1.165, 1.54) is 12.8 Å². The lowest BCUT2D eigenvalue weighted by molar-refractivity contribution is 0.193. The van der Waals surface area contributed by atoms with Gasteiger partial charge >= 0.3 is 6.03 Å². The molecule has 1 aliphatic heterocycles. The maximum absolute atomic E-state index is 12.5. The van der Waals surface area contributed by atoms with Gasteiger partial charge < -0.3 is 25.0 Å². The number of aromatic hydroxyl groups is 1. The van der Waals surface area contributed by atoms with Crippen molar-refractivity contribution < 1.29 is 14.6 Å². The molecule has 154 valence electrons. The number of hydrogen-bond donors (Lipinski definition) is 2. The molecule has 4 rings (SSSR count). The van der Waals surface area contributed by atoms with Crippen molar-refractivity contribution in [1.82, 2.24) is 15.2 Å². The number of piperazine rings is 1. The molecular weight excluding hydrogens is 368 g/mol. The van der Waals surface area contributed by atoms with E-state index in [9.17, 15) is 9.90 Å². The maximum atomic E-state index is 12.5. The lowest BCUT2D eigenvalue weighted by Gasteiger charge is -2.36. The van der Waals surface area contributed by atoms with Gasteiger partial charge in [0.2, 0.25) is 5.88 Å². The molecule has 0 bridgehead atoms. The molecule has 7 nitrogen and oxygen atoms in total. The number of phenols is 1. The van der Waals surface area contributed by atoms with Gasteiger partial charge in [0.05, 0.1) is 5.69 Å². The Balaban J connectivity index is 1.26. The molecule has 7 heteroatoms. The van der Waals surface area contributed by atoms with E-state index in [4.69, 9.17) is 4.74 Å². The van der Waals surface area contributed by atoms with Crippen LogP contribution < -0.4 is 15.0 Å². The number of amides is 2. The van der Waals surface area contributed by atoms with Crippen molar-refractivity contribution in [1.29, 1.82) is 0 Å². The van der Waals surface area contributed by atoms with Gasteiger partial charge in [-0.3, -0.25) is 0 Å². The Hall–Kier alpha value is -2.96. The lowest BCUT2D eigenvalue weighted by Crippen LogP contribution is -2.51. The first-order valence-electron chi connectivity index (χ1n) is 10.4. The van der Waals surface area contributed by atoms with E-state index in [0.717, 1.165) is 24.1 Å². The average molecular weight is 396 g/mol. The maximum Gasteiger partial charge on any atom is 0.317 e. The second kappa shape index (κ2) is 9.03. The van der Waals surface area contributed by atoms with Crippen molar-refractivity contribution >= 4 is 11.7 Å². The van der Waals surface area contributed by atoms with Crippen molar-refractivity contribution in [3.8, 4) is 11.6 Å². The zero-order chi connectivity index (χ0) is 20.1. The third-order valence-corrected chi connectivity index (χ3v) is 5.62. The predicted octanol–water partition coefficient (Wildman–Crippen LogP) is 3.14. The van der Waals surface area contributed by atoms with Crippen molar-refractivity contribution in [3.05, 3.63) is 48.2 Å². The molecule has 2 fully saturated rings. The Morgan fingerprint density at radius 3 is 2.66 bits per heavy atom. The monoisotopic (exact) mass is 396 g/mol. The summed E-state index contributed by atoms with van der Waals surface area (Å²) in [6, 6.07) is 11.1. The van der Waals surface area contributed by atoms with Gasteiger partial charge in [-0.25, -0.2) is 9.78 Å². The molecule has 0 unspecified atom stereocenters. The highest BCUT2D eigenvalue weighted by molar-refractivity contribution is 5.74. The van der Waals surface area contributed by atoms with Crippen molar-refractivity contribution in [2.45, 2.75) is 38.3 Å². The first-order valence-corrected chi connectivity index (χ1v) is 10.4. The molecule has 29 heavy (non-hydrogen) atoms. The molecule has 2 amide bonds. The molecule has 2 heterocycles. The first kappa shape index (κ1) is 19.4. The number of para-hydroxylation sites is 2. The summed E-state index contributed by atoms with van der Waals surface area (Å²) < 4.78 is 5.94. The van der Waals surface area contributed by atoms with Crippen LogP contribution in [0.3, 0.4) is 0 Å². The van der Waals surface area contributed by atoms with Crippen molar-refractivity contribution in [2.24, 2.45) is 0 Å². The molecule has 0 spiro atoms. The number of ether oxygens (including phenoxy) is 1. The summed E-state index contributed by atoms with van der Waals surface area (Å²) in [5.74, 6) is 0.915. The molecule has 0 radical (unpaired) electrons. The third-order valence-electron chi connectivity index (χ3n) is 5.62. The van der Waals surface area contributed by atoms with Crippen LogP contribution in [-0.2, 0) is 6.54 Å². The number of nitrogens with one attached hydrogen (secondary N) is 1. The summed E-state index contributed by atoms with van der Waals surface area (Å²) in [5.41, 5.74) is 1.80. The summed E-state index contributed by atoms with van der Waals surface area (Å²) in [7, 11) is 0. The fourth-order valence-electron chi connectivity index (χ4n) is 3.97. The fourth-order valence-corrected chi connectivity index (χ4v) is 3.97. The van der Waals surface area contributed by atoms with Crippen LogP contribution in [0.15, 0.2) is 42.6 Å². The number of aromatic nitrogens is 1. The van der Waals surface area contributed by atoms with E-state index in [1.54, 1.807) is 12.3 Å². The lowest BCUT2D eigenvalue weighted by atomic mass is 10.2. The molecule has 1 saturated heterocycles. The van der Waals surface area contributed by atoms with Gasteiger partial charge in [-0.2, -0.15) is 0 Å². The van der Waals surface area contributed by atoms with Crippen LogP contribution in [0, 0.1) is 0 Å². The van der Waals surface area contributed by atoms with E-state index >= 15 is 0 Å². The van der Waals surface area contributed by atoms with Gasteiger partial charge in [0.1, 0.15) is 11.9 Å². The minimum Gasteiger partial charge on any atom is -0.506 e. The Morgan fingerprint density at radius 1 is 1.14 bits per heavy atom.